The molecule has 2 aromatic rings. The van der Waals surface area contributed by atoms with E-state index in [1.54, 1.807) is 30.6 Å². The Labute approximate surface area is 164 Å². The number of thiophene rings is 1. The first-order valence-corrected chi connectivity index (χ1v) is 10.1. The van der Waals surface area contributed by atoms with Crippen LogP contribution in [0.2, 0.25) is 0 Å². The molecular weight excluding hydrogens is 364 g/mol. The monoisotopic (exact) mass is 390 g/mol. The Balaban J connectivity index is 1.76. The number of nitrogens with zero attached hydrogens (tertiary/aromatic N) is 1. The third-order valence-corrected chi connectivity index (χ3v) is 5.43. The molecule has 1 aromatic heterocycles. The molecule has 1 amide bonds. The fourth-order valence-electron chi connectivity index (χ4n) is 3.28. The van der Waals surface area contributed by atoms with Crippen LogP contribution in [0.25, 0.3) is 0 Å². The molecule has 3 rings (SSSR count). The molecule has 0 radical (unpaired) electrons. The Morgan fingerprint density at radius 3 is 2.74 bits per heavy atom. The minimum atomic E-state index is -0.155. The average Bonchev–Trinajstić information content (AvgIpc) is 3.24. The van der Waals surface area contributed by atoms with E-state index in [0.29, 0.717) is 42.6 Å². The molecule has 6 nitrogen and oxygen atoms in total. The van der Waals surface area contributed by atoms with Crippen LogP contribution in [0.3, 0.4) is 0 Å². The van der Waals surface area contributed by atoms with Crippen LogP contribution >= 0.6 is 11.3 Å². The van der Waals surface area contributed by atoms with E-state index >= 15 is 0 Å². The fourth-order valence-corrected chi connectivity index (χ4v) is 3.99. The van der Waals surface area contributed by atoms with Gasteiger partial charge in [0.15, 0.2) is 11.5 Å². The lowest BCUT2D eigenvalue weighted by atomic mass is 10.1. The maximum Gasteiger partial charge on any atom is 0.251 e. The van der Waals surface area contributed by atoms with Gasteiger partial charge in [0.1, 0.15) is 13.2 Å². The number of fused-ring (bicyclic) bond motifs is 1. The molecule has 0 aliphatic carbocycles. The summed E-state index contributed by atoms with van der Waals surface area (Å²) in [6, 6.07) is 5.67. The van der Waals surface area contributed by atoms with Gasteiger partial charge in [-0.15, -0.1) is 0 Å². The highest BCUT2D eigenvalue weighted by Gasteiger charge is 2.23. The molecule has 27 heavy (non-hydrogen) atoms. The zero-order valence-electron chi connectivity index (χ0n) is 16.0. The van der Waals surface area contributed by atoms with Crippen molar-refractivity contribution in [2.75, 3.05) is 40.0 Å². The van der Waals surface area contributed by atoms with Crippen molar-refractivity contribution in [2.24, 2.45) is 0 Å². The second kappa shape index (κ2) is 9.10. The summed E-state index contributed by atoms with van der Waals surface area (Å²) in [7, 11) is 1.56. The van der Waals surface area contributed by atoms with E-state index in [1.807, 2.05) is 0 Å². The minimum Gasteiger partial charge on any atom is -0.493 e. The number of benzene rings is 1. The van der Waals surface area contributed by atoms with Crippen LogP contribution in [-0.2, 0) is 0 Å². The Kier molecular flexibility index (Phi) is 6.58. The van der Waals surface area contributed by atoms with Crippen LogP contribution in [0.1, 0.15) is 35.8 Å². The van der Waals surface area contributed by atoms with E-state index in [0.717, 1.165) is 13.1 Å². The summed E-state index contributed by atoms with van der Waals surface area (Å²) >= 11 is 1.67. The molecule has 0 saturated heterocycles. The first kappa shape index (κ1) is 19.5. The molecular formula is C20H26N2O4S. The highest BCUT2D eigenvalue weighted by Crippen LogP contribution is 2.40. The number of ether oxygens (including phenoxy) is 3. The molecule has 1 aromatic carbocycles. The lowest BCUT2D eigenvalue weighted by Gasteiger charge is -2.29. The molecule has 146 valence electrons. The van der Waals surface area contributed by atoms with Gasteiger partial charge in [0.25, 0.3) is 5.91 Å². The highest BCUT2D eigenvalue weighted by molar-refractivity contribution is 7.07. The number of methoxy groups -OCH3 is 1. The summed E-state index contributed by atoms with van der Waals surface area (Å²) in [6.07, 6.45) is 0. The first-order valence-electron chi connectivity index (χ1n) is 9.19. The predicted octanol–water partition coefficient (Wildman–Crippen LogP) is 3.34. The maximum absolute atomic E-state index is 12.8. The number of nitrogens with one attached hydrogen (secondary N) is 1. The Hall–Kier alpha value is -2.25. The number of carbonyl (C=O) groups is 1. The van der Waals surface area contributed by atoms with Crippen molar-refractivity contribution in [1.29, 1.82) is 0 Å². The predicted molar refractivity (Wildman–Crippen MR) is 106 cm³/mol. The van der Waals surface area contributed by atoms with Crippen LogP contribution < -0.4 is 19.5 Å². The number of carbonyl (C=O) groups excluding carboxylic acids is 1. The third-order valence-electron chi connectivity index (χ3n) is 4.73. The van der Waals surface area contributed by atoms with Gasteiger partial charge >= 0.3 is 0 Å². The second-order valence-corrected chi connectivity index (χ2v) is 6.99. The first-order chi connectivity index (χ1) is 13.2. The average molecular weight is 391 g/mol. The van der Waals surface area contributed by atoms with Crippen LogP contribution in [-0.4, -0.2) is 50.8 Å². The van der Waals surface area contributed by atoms with E-state index in [1.165, 1.54) is 5.56 Å². The quantitative estimate of drug-likeness (QED) is 0.749. The number of rotatable bonds is 8. The number of likely N-dealkylation sites (N-methyl/N-ethyl adjacent to an activating group) is 1. The van der Waals surface area contributed by atoms with Gasteiger partial charge < -0.3 is 19.5 Å². The van der Waals surface area contributed by atoms with Gasteiger partial charge in [-0.1, -0.05) is 13.8 Å². The summed E-state index contributed by atoms with van der Waals surface area (Å²) in [6.45, 7) is 7.58. The largest absolute Gasteiger partial charge is 0.493 e. The summed E-state index contributed by atoms with van der Waals surface area (Å²) in [4.78, 5) is 15.1. The SMILES string of the molecule is CCN(CC)C(CNC(=O)c1cc(OC)c2c(c1)OCCO2)c1ccsc1. The summed E-state index contributed by atoms with van der Waals surface area (Å²) in [5.41, 5.74) is 1.73. The van der Waals surface area contributed by atoms with Crippen LogP contribution in [0.4, 0.5) is 0 Å². The molecule has 2 heterocycles. The van der Waals surface area contributed by atoms with E-state index in [9.17, 15) is 4.79 Å². The van der Waals surface area contributed by atoms with Crippen LogP contribution in [0.5, 0.6) is 17.2 Å². The van der Waals surface area contributed by atoms with Gasteiger partial charge in [0.2, 0.25) is 5.75 Å². The summed E-state index contributed by atoms with van der Waals surface area (Å²) in [5.74, 6) is 1.46. The van der Waals surface area contributed by atoms with Crippen LogP contribution in [0, 0.1) is 0 Å². The van der Waals surface area contributed by atoms with Gasteiger partial charge in [0.05, 0.1) is 13.2 Å². The van der Waals surface area contributed by atoms with Crippen LogP contribution in [0.15, 0.2) is 29.0 Å². The van der Waals surface area contributed by atoms with Gasteiger partial charge in [0, 0.05) is 12.1 Å². The van der Waals surface area contributed by atoms with Crippen molar-refractivity contribution in [3.63, 3.8) is 0 Å². The topological polar surface area (TPSA) is 60.0 Å². The Morgan fingerprint density at radius 2 is 2.07 bits per heavy atom. The zero-order valence-corrected chi connectivity index (χ0v) is 16.8. The van der Waals surface area contributed by atoms with Crippen molar-refractivity contribution in [1.82, 2.24) is 10.2 Å². The van der Waals surface area contributed by atoms with E-state index < -0.39 is 0 Å². The smallest absolute Gasteiger partial charge is 0.251 e. The molecule has 1 unspecified atom stereocenters. The number of hydrogen-bond donors (Lipinski definition) is 1. The maximum atomic E-state index is 12.8. The van der Waals surface area contributed by atoms with Gasteiger partial charge in [-0.2, -0.15) is 11.3 Å². The lowest BCUT2D eigenvalue weighted by molar-refractivity contribution is 0.0933. The molecule has 0 fully saturated rings. The van der Waals surface area contributed by atoms with E-state index in [2.05, 4.69) is 40.9 Å². The normalized spacial score (nSPS) is 14.1. The standard InChI is InChI=1S/C20H26N2O4S/c1-4-22(5-2)16(14-6-9-27-13-14)12-21-20(23)15-10-17(24-3)19-18(11-15)25-7-8-26-19/h6,9-11,13,16H,4-5,7-8,12H2,1-3H3,(H,21,23). The van der Waals surface area contributed by atoms with Crippen molar-refractivity contribution < 1.29 is 19.0 Å². The molecule has 1 aliphatic heterocycles. The lowest BCUT2D eigenvalue weighted by Crippen LogP contribution is -2.38. The molecule has 1 N–H and O–H groups in total. The number of amides is 1. The van der Waals surface area contributed by atoms with Crippen molar-refractivity contribution in [3.05, 3.63) is 40.1 Å². The molecule has 7 heteroatoms. The molecule has 0 bridgehead atoms. The van der Waals surface area contributed by atoms with Gasteiger partial charge in [-0.3, -0.25) is 9.69 Å². The van der Waals surface area contributed by atoms with E-state index in [-0.39, 0.29) is 11.9 Å². The number of hydrogen-bond acceptors (Lipinski definition) is 6. The molecule has 0 saturated carbocycles. The molecule has 1 atom stereocenters. The van der Waals surface area contributed by atoms with Crippen molar-refractivity contribution >= 4 is 17.2 Å². The Bertz CT molecular complexity index is 742. The van der Waals surface area contributed by atoms with Crippen molar-refractivity contribution in [3.8, 4) is 17.2 Å². The minimum absolute atomic E-state index is 0.148. The summed E-state index contributed by atoms with van der Waals surface area (Å²) in [5, 5.41) is 7.28. The molecule has 1 aliphatic rings. The van der Waals surface area contributed by atoms with Gasteiger partial charge in [-0.05, 0) is 47.6 Å². The Morgan fingerprint density at radius 1 is 1.30 bits per heavy atom. The second-order valence-electron chi connectivity index (χ2n) is 6.21. The van der Waals surface area contributed by atoms with Crippen molar-refractivity contribution in [2.45, 2.75) is 19.9 Å². The highest BCUT2D eigenvalue weighted by atomic mass is 32.1. The molecule has 0 spiro atoms. The fraction of sp³-hybridized carbons (Fsp3) is 0.450. The third kappa shape index (κ3) is 4.36. The van der Waals surface area contributed by atoms with Gasteiger partial charge in [-0.25, -0.2) is 0 Å². The summed E-state index contributed by atoms with van der Waals surface area (Å²) < 4.78 is 16.6. The van der Waals surface area contributed by atoms with E-state index in [4.69, 9.17) is 14.2 Å². The zero-order chi connectivity index (χ0) is 19.2.